The summed E-state index contributed by atoms with van der Waals surface area (Å²) >= 11 is 0. The molecule has 15 heavy (non-hydrogen) atoms. The number of aliphatic hydroxyl groups is 1. The average Bonchev–Trinajstić information content (AvgIpc) is 2.28. The van der Waals surface area contributed by atoms with Gasteiger partial charge in [0.2, 0.25) is 5.91 Å². The number of rotatable bonds is 4. The number of aliphatic hydroxyl groups excluding tert-OH is 1. The summed E-state index contributed by atoms with van der Waals surface area (Å²) in [5.74, 6) is 0.156. The Morgan fingerprint density at radius 1 is 1.80 bits per heavy atom. The molecule has 1 unspecified atom stereocenters. The second-order valence-corrected chi connectivity index (χ2v) is 2.92. The predicted molar refractivity (Wildman–Crippen MR) is 55.5 cm³/mol. The van der Waals surface area contributed by atoms with Crippen LogP contribution in [0.3, 0.4) is 0 Å². The molecule has 1 atom stereocenters. The normalized spacial score (nSPS) is 11.9. The highest BCUT2D eigenvalue weighted by Gasteiger charge is 2.11. The molecule has 0 aliphatic heterocycles. The van der Waals surface area contributed by atoms with E-state index >= 15 is 0 Å². The van der Waals surface area contributed by atoms with E-state index in [1.807, 2.05) is 0 Å². The van der Waals surface area contributed by atoms with Crippen LogP contribution >= 0.6 is 0 Å². The molecule has 0 fully saturated rings. The third-order valence-corrected chi connectivity index (χ3v) is 1.80. The fraction of sp³-hybridized carbons (Fsp3) is 0.300. The predicted octanol–water partition coefficient (Wildman–Crippen LogP) is -0.247. The van der Waals surface area contributed by atoms with Crippen LogP contribution in [-0.2, 0) is 4.79 Å². The Bertz CT molecular complexity index is 341. The van der Waals surface area contributed by atoms with Crippen LogP contribution in [0.2, 0.25) is 0 Å². The molecule has 0 saturated carbocycles. The summed E-state index contributed by atoms with van der Waals surface area (Å²) < 4.78 is 4.97. The van der Waals surface area contributed by atoms with E-state index < -0.39 is 18.6 Å². The monoisotopic (exact) mass is 209 g/mol. The van der Waals surface area contributed by atoms with E-state index in [1.54, 1.807) is 18.2 Å². The molecule has 5 nitrogen and oxygen atoms in total. The lowest BCUT2D eigenvalue weighted by molar-refractivity contribution is -0.118. The fourth-order valence-corrected chi connectivity index (χ4v) is 0.953. The molecule has 0 saturated heterocycles. The molecule has 81 valence electrons. The summed E-state index contributed by atoms with van der Waals surface area (Å²) in [6.07, 6.45) is 0. The average molecular weight is 209 g/mol. The zero-order chi connectivity index (χ0) is 11.3. The van der Waals surface area contributed by atoms with Gasteiger partial charge in [0.05, 0.1) is 19.4 Å². The van der Waals surface area contributed by atoms with Crippen molar-refractivity contribution in [1.82, 2.24) is 0 Å². The lowest BCUT2D eigenvalue weighted by Crippen LogP contribution is -2.38. The number of ether oxygens (including phenoxy) is 1. The molecule has 1 rings (SSSR count). The fourth-order valence-electron chi connectivity index (χ4n) is 0.953. The van der Waals surface area contributed by atoms with Crippen LogP contribution in [0.1, 0.15) is 0 Å². The summed E-state index contributed by atoms with van der Waals surface area (Å²) in [4.78, 5) is 11.3. The summed E-state index contributed by atoms with van der Waals surface area (Å²) in [6.45, 7) is -0.393. The van der Waals surface area contributed by atoms with Crippen LogP contribution < -0.4 is 15.8 Å². The Balaban J connectivity index is 2.68. The minimum Gasteiger partial charge on any atom is -0.497 e. The lowest BCUT2D eigenvalue weighted by Gasteiger charge is -2.09. The summed E-state index contributed by atoms with van der Waals surface area (Å²) in [6, 6.07) is 6.82. The SMILES string of the molecule is COc1cc[c]c(NC(=O)C(N)CO)c1. The van der Waals surface area contributed by atoms with Crippen molar-refractivity contribution in [3.8, 4) is 5.75 Å². The van der Waals surface area contributed by atoms with Crippen molar-refractivity contribution in [2.75, 3.05) is 19.0 Å². The standard InChI is InChI=1S/C10H13N2O3/c1-15-8-4-2-3-7(5-8)12-10(14)9(11)6-13/h2,4-5,9,13H,6,11H2,1H3,(H,12,14). The van der Waals surface area contributed by atoms with E-state index in [4.69, 9.17) is 15.6 Å². The molecular weight excluding hydrogens is 196 g/mol. The number of hydrogen-bond acceptors (Lipinski definition) is 4. The molecule has 1 aromatic carbocycles. The van der Waals surface area contributed by atoms with Crippen molar-refractivity contribution >= 4 is 11.6 Å². The Hall–Kier alpha value is -1.59. The molecule has 0 aliphatic carbocycles. The molecule has 0 aromatic heterocycles. The molecule has 0 bridgehead atoms. The number of hydrogen-bond donors (Lipinski definition) is 3. The van der Waals surface area contributed by atoms with Gasteiger partial charge in [-0.3, -0.25) is 4.79 Å². The first-order valence-corrected chi connectivity index (χ1v) is 4.40. The summed E-state index contributed by atoms with van der Waals surface area (Å²) in [5.41, 5.74) is 5.79. The van der Waals surface area contributed by atoms with Crippen LogP contribution in [0.25, 0.3) is 0 Å². The number of nitrogens with two attached hydrogens (primary N) is 1. The minimum atomic E-state index is -0.926. The van der Waals surface area contributed by atoms with Crippen LogP contribution in [0.5, 0.6) is 5.75 Å². The number of carbonyl (C=O) groups is 1. The zero-order valence-corrected chi connectivity index (χ0v) is 8.36. The topological polar surface area (TPSA) is 84.6 Å². The molecular formula is C10H13N2O3. The van der Waals surface area contributed by atoms with E-state index in [-0.39, 0.29) is 0 Å². The first-order valence-electron chi connectivity index (χ1n) is 4.40. The van der Waals surface area contributed by atoms with Crippen LogP contribution in [0, 0.1) is 6.07 Å². The van der Waals surface area contributed by atoms with Gasteiger partial charge in [-0.25, -0.2) is 0 Å². The van der Waals surface area contributed by atoms with Gasteiger partial charge in [0, 0.05) is 12.1 Å². The van der Waals surface area contributed by atoms with Gasteiger partial charge in [-0.05, 0) is 12.1 Å². The van der Waals surface area contributed by atoms with E-state index in [2.05, 4.69) is 11.4 Å². The Kier molecular flexibility index (Phi) is 4.08. The third-order valence-electron chi connectivity index (χ3n) is 1.80. The molecule has 0 heterocycles. The summed E-state index contributed by atoms with van der Waals surface area (Å²) in [5, 5.41) is 11.2. The highest BCUT2D eigenvalue weighted by molar-refractivity contribution is 5.94. The van der Waals surface area contributed by atoms with E-state index in [1.165, 1.54) is 7.11 Å². The van der Waals surface area contributed by atoms with Gasteiger partial charge in [-0.1, -0.05) is 0 Å². The highest BCUT2D eigenvalue weighted by atomic mass is 16.5. The lowest BCUT2D eigenvalue weighted by atomic mass is 10.2. The van der Waals surface area contributed by atoms with Crippen molar-refractivity contribution < 1.29 is 14.6 Å². The van der Waals surface area contributed by atoms with Gasteiger partial charge in [0.25, 0.3) is 0 Å². The van der Waals surface area contributed by atoms with Crippen molar-refractivity contribution in [1.29, 1.82) is 0 Å². The first kappa shape index (κ1) is 11.5. The molecule has 0 spiro atoms. The van der Waals surface area contributed by atoms with Crippen molar-refractivity contribution in [2.45, 2.75) is 6.04 Å². The van der Waals surface area contributed by atoms with Crippen molar-refractivity contribution in [2.24, 2.45) is 5.73 Å². The van der Waals surface area contributed by atoms with Crippen molar-refractivity contribution in [3.63, 3.8) is 0 Å². The maximum atomic E-state index is 11.3. The second-order valence-electron chi connectivity index (χ2n) is 2.92. The molecule has 0 aliphatic rings. The van der Waals surface area contributed by atoms with Gasteiger partial charge < -0.3 is 20.9 Å². The number of nitrogens with one attached hydrogen (secondary N) is 1. The minimum absolute atomic E-state index is 0.393. The van der Waals surface area contributed by atoms with E-state index in [9.17, 15) is 4.79 Å². The van der Waals surface area contributed by atoms with Crippen LogP contribution in [0.4, 0.5) is 5.69 Å². The van der Waals surface area contributed by atoms with E-state index in [0.717, 1.165) is 0 Å². The molecule has 1 aromatic rings. The van der Waals surface area contributed by atoms with Gasteiger partial charge in [-0.15, -0.1) is 0 Å². The quantitative estimate of drug-likeness (QED) is 0.638. The largest absolute Gasteiger partial charge is 0.497 e. The Morgan fingerprint density at radius 3 is 3.13 bits per heavy atom. The summed E-state index contributed by atoms with van der Waals surface area (Å²) in [7, 11) is 1.53. The van der Waals surface area contributed by atoms with E-state index in [0.29, 0.717) is 11.4 Å². The number of benzene rings is 1. The van der Waals surface area contributed by atoms with Gasteiger partial charge in [0.1, 0.15) is 11.8 Å². The number of carbonyl (C=O) groups excluding carboxylic acids is 1. The molecule has 5 heteroatoms. The van der Waals surface area contributed by atoms with Crippen molar-refractivity contribution in [3.05, 3.63) is 24.3 Å². The number of anilines is 1. The molecule has 4 N–H and O–H groups in total. The number of methoxy groups -OCH3 is 1. The Morgan fingerprint density at radius 2 is 2.53 bits per heavy atom. The van der Waals surface area contributed by atoms with Gasteiger partial charge in [-0.2, -0.15) is 0 Å². The van der Waals surface area contributed by atoms with Crippen LogP contribution in [-0.4, -0.2) is 30.8 Å². The second kappa shape index (κ2) is 5.33. The zero-order valence-electron chi connectivity index (χ0n) is 8.36. The highest BCUT2D eigenvalue weighted by Crippen LogP contribution is 2.15. The van der Waals surface area contributed by atoms with Crippen LogP contribution in [0.15, 0.2) is 18.2 Å². The van der Waals surface area contributed by atoms with Gasteiger partial charge >= 0.3 is 0 Å². The maximum Gasteiger partial charge on any atom is 0.243 e. The molecule has 1 radical (unpaired) electrons. The smallest absolute Gasteiger partial charge is 0.243 e. The Labute approximate surface area is 87.9 Å². The third kappa shape index (κ3) is 3.23. The van der Waals surface area contributed by atoms with Gasteiger partial charge in [0.15, 0.2) is 0 Å². The molecule has 1 amide bonds. The first-order chi connectivity index (χ1) is 7.17. The maximum absolute atomic E-state index is 11.3. The number of amides is 1.